The van der Waals surface area contributed by atoms with Crippen molar-refractivity contribution in [3.05, 3.63) is 35.9 Å². The van der Waals surface area contributed by atoms with Crippen LogP contribution in [0.4, 0.5) is 4.39 Å². The molecule has 0 saturated heterocycles. The number of nitrogens with zero attached hydrogens (tertiary/aromatic N) is 2. The van der Waals surface area contributed by atoms with Crippen LogP contribution in [0.15, 0.2) is 24.4 Å². The molecular weight excluding hydrogens is 195 g/mol. The summed E-state index contributed by atoms with van der Waals surface area (Å²) in [6.45, 7) is 0.568. The lowest BCUT2D eigenvalue weighted by Crippen LogP contribution is -2.02. The molecule has 0 amide bonds. The van der Waals surface area contributed by atoms with Crippen LogP contribution in [0.2, 0.25) is 0 Å². The van der Waals surface area contributed by atoms with E-state index in [1.165, 1.54) is 12.3 Å². The number of aromatic nitrogens is 3. The monoisotopic (exact) mass is 206 g/mol. The first-order chi connectivity index (χ1) is 7.29. The van der Waals surface area contributed by atoms with Gasteiger partial charge in [0.05, 0.1) is 11.9 Å². The van der Waals surface area contributed by atoms with Crippen molar-refractivity contribution in [2.24, 2.45) is 5.73 Å². The molecule has 78 valence electrons. The van der Waals surface area contributed by atoms with Crippen LogP contribution in [0.1, 0.15) is 5.69 Å². The standard InChI is InChI=1S/C10H11FN4/c11-7-1-2-9(13-6-7)10-5-8(3-4-12)14-15-10/h1-2,5-6H,3-4,12H2,(H,14,15). The molecule has 0 aliphatic heterocycles. The normalized spacial score (nSPS) is 10.5. The van der Waals surface area contributed by atoms with Crippen LogP contribution in [-0.2, 0) is 6.42 Å². The molecular formula is C10H11FN4. The van der Waals surface area contributed by atoms with Crippen LogP contribution in [0.25, 0.3) is 11.4 Å². The molecule has 0 aliphatic carbocycles. The fourth-order valence-electron chi connectivity index (χ4n) is 1.30. The fraction of sp³-hybridized carbons (Fsp3) is 0.200. The van der Waals surface area contributed by atoms with E-state index in [0.717, 1.165) is 12.1 Å². The van der Waals surface area contributed by atoms with Crippen LogP contribution in [-0.4, -0.2) is 21.7 Å². The summed E-state index contributed by atoms with van der Waals surface area (Å²) in [4.78, 5) is 3.93. The molecule has 0 spiro atoms. The Balaban J connectivity index is 2.25. The van der Waals surface area contributed by atoms with Gasteiger partial charge in [-0.1, -0.05) is 0 Å². The summed E-state index contributed by atoms with van der Waals surface area (Å²) in [7, 11) is 0. The number of H-pyrrole nitrogens is 1. The van der Waals surface area contributed by atoms with Gasteiger partial charge in [-0.3, -0.25) is 10.1 Å². The second-order valence-electron chi connectivity index (χ2n) is 3.18. The molecule has 15 heavy (non-hydrogen) atoms. The SMILES string of the molecule is NCCc1cc(-c2ccc(F)cn2)n[nH]1. The minimum absolute atomic E-state index is 0.350. The van der Waals surface area contributed by atoms with Gasteiger partial charge in [-0.2, -0.15) is 5.10 Å². The van der Waals surface area contributed by atoms with Gasteiger partial charge >= 0.3 is 0 Å². The molecule has 3 N–H and O–H groups in total. The van der Waals surface area contributed by atoms with E-state index in [0.29, 0.717) is 17.9 Å². The molecule has 0 aromatic carbocycles. The summed E-state index contributed by atoms with van der Waals surface area (Å²) < 4.78 is 12.6. The van der Waals surface area contributed by atoms with Crippen molar-refractivity contribution in [3.8, 4) is 11.4 Å². The lowest BCUT2D eigenvalue weighted by atomic mass is 10.2. The molecule has 0 aliphatic rings. The zero-order chi connectivity index (χ0) is 10.7. The van der Waals surface area contributed by atoms with E-state index in [4.69, 9.17) is 5.73 Å². The molecule has 0 radical (unpaired) electrons. The van der Waals surface area contributed by atoms with Gasteiger partial charge in [-0.15, -0.1) is 0 Å². The Bertz CT molecular complexity index is 435. The minimum Gasteiger partial charge on any atom is -0.330 e. The molecule has 2 aromatic heterocycles. The van der Waals surface area contributed by atoms with Gasteiger partial charge < -0.3 is 5.73 Å². The predicted octanol–water partition coefficient (Wildman–Crippen LogP) is 1.11. The van der Waals surface area contributed by atoms with E-state index in [9.17, 15) is 4.39 Å². The smallest absolute Gasteiger partial charge is 0.141 e. The minimum atomic E-state index is -0.350. The molecule has 0 fully saturated rings. The summed E-state index contributed by atoms with van der Waals surface area (Å²) in [5.41, 5.74) is 7.73. The van der Waals surface area contributed by atoms with Gasteiger partial charge in [0.25, 0.3) is 0 Å². The Morgan fingerprint density at radius 3 is 2.87 bits per heavy atom. The third-order valence-electron chi connectivity index (χ3n) is 2.03. The highest BCUT2D eigenvalue weighted by atomic mass is 19.1. The number of hydrogen-bond donors (Lipinski definition) is 2. The molecule has 4 nitrogen and oxygen atoms in total. The number of pyridine rings is 1. The third-order valence-corrected chi connectivity index (χ3v) is 2.03. The average Bonchev–Trinajstić information content (AvgIpc) is 2.68. The van der Waals surface area contributed by atoms with Gasteiger partial charge in [0.2, 0.25) is 0 Å². The van der Waals surface area contributed by atoms with Crippen LogP contribution in [0, 0.1) is 5.82 Å². The van der Waals surface area contributed by atoms with E-state index in [1.807, 2.05) is 6.07 Å². The van der Waals surface area contributed by atoms with Gasteiger partial charge in [-0.05, 0) is 24.7 Å². The van der Waals surface area contributed by atoms with Crippen molar-refractivity contribution in [2.75, 3.05) is 6.54 Å². The summed E-state index contributed by atoms with van der Waals surface area (Å²) >= 11 is 0. The first-order valence-electron chi connectivity index (χ1n) is 4.66. The highest BCUT2D eigenvalue weighted by molar-refractivity contribution is 5.53. The zero-order valence-electron chi connectivity index (χ0n) is 8.07. The fourth-order valence-corrected chi connectivity index (χ4v) is 1.30. The molecule has 0 bridgehead atoms. The van der Waals surface area contributed by atoms with Crippen molar-refractivity contribution in [2.45, 2.75) is 6.42 Å². The maximum atomic E-state index is 12.6. The zero-order valence-corrected chi connectivity index (χ0v) is 8.07. The van der Waals surface area contributed by atoms with Crippen LogP contribution >= 0.6 is 0 Å². The molecule has 2 heterocycles. The highest BCUT2D eigenvalue weighted by Crippen LogP contribution is 2.14. The van der Waals surface area contributed by atoms with Gasteiger partial charge in [0, 0.05) is 12.1 Å². The molecule has 0 unspecified atom stereocenters. The highest BCUT2D eigenvalue weighted by Gasteiger charge is 2.04. The Kier molecular flexibility index (Phi) is 2.73. The second-order valence-corrected chi connectivity index (χ2v) is 3.18. The van der Waals surface area contributed by atoms with Crippen LogP contribution in [0.3, 0.4) is 0 Å². The van der Waals surface area contributed by atoms with Gasteiger partial charge in [-0.25, -0.2) is 4.39 Å². The van der Waals surface area contributed by atoms with Crippen LogP contribution in [0.5, 0.6) is 0 Å². The van der Waals surface area contributed by atoms with E-state index >= 15 is 0 Å². The maximum Gasteiger partial charge on any atom is 0.141 e. The van der Waals surface area contributed by atoms with Crippen molar-refractivity contribution < 1.29 is 4.39 Å². The summed E-state index contributed by atoms with van der Waals surface area (Å²) in [6.07, 6.45) is 1.92. The van der Waals surface area contributed by atoms with E-state index in [1.54, 1.807) is 6.07 Å². The molecule has 0 atom stereocenters. The number of rotatable bonds is 3. The first kappa shape index (κ1) is 9.79. The summed E-state index contributed by atoms with van der Waals surface area (Å²) in [5, 5.41) is 6.93. The molecule has 2 aromatic rings. The Labute approximate surface area is 86.3 Å². The first-order valence-corrected chi connectivity index (χ1v) is 4.66. The van der Waals surface area contributed by atoms with Gasteiger partial charge in [0.1, 0.15) is 11.5 Å². The third kappa shape index (κ3) is 2.19. The van der Waals surface area contributed by atoms with Crippen molar-refractivity contribution in [1.29, 1.82) is 0 Å². The van der Waals surface area contributed by atoms with Crippen molar-refractivity contribution in [3.63, 3.8) is 0 Å². The predicted molar refractivity (Wildman–Crippen MR) is 54.5 cm³/mol. The largest absolute Gasteiger partial charge is 0.330 e. The average molecular weight is 206 g/mol. The Morgan fingerprint density at radius 1 is 1.33 bits per heavy atom. The lowest BCUT2D eigenvalue weighted by Gasteiger charge is -1.93. The quantitative estimate of drug-likeness (QED) is 0.790. The maximum absolute atomic E-state index is 12.6. The number of halogens is 1. The number of nitrogens with one attached hydrogen (secondary N) is 1. The summed E-state index contributed by atoms with van der Waals surface area (Å²) in [5.74, 6) is -0.350. The van der Waals surface area contributed by atoms with Crippen molar-refractivity contribution >= 4 is 0 Å². The summed E-state index contributed by atoms with van der Waals surface area (Å²) in [6, 6.07) is 4.82. The number of hydrogen-bond acceptors (Lipinski definition) is 3. The Hall–Kier alpha value is -1.75. The topological polar surface area (TPSA) is 67.6 Å². The molecule has 2 rings (SSSR count). The number of aromatic amines is 1. The molecule has 5 heteroatoms. The van der Waals surface area contributed by atoms with E-state index in [-0.39, 0.29) is 5.82 Å². The van der Waals surface area contributed by atoms with Crippen molar-refractivity contribution in [1.82, 2.24) is 15.2 Å². The van der Waals surface area contributed by atoms with E-state index < -0.39 is 0 Å². The Morgan fingerprint density at radius 2 is 2.20 bits per heavy atom. The molecule has 0 saturated carbocycles. The number of nitrogens with two attached hydrogens (primary N) is 1. The van der Waals surface area contributed by atoms with Gasteiger partial charge in [0.15, 0.2) is 0 Å². The second kappa shape index (κ2) is 4.18. The van der Waals surface area contributed by atoms with E-state index in [2.05, 4.69) is 15.2 Å². The van der Waals surface area contributed by atoms with Crippen LogP contribution < -0.4 is 5.73 Å². The lowest BCUT2D eigenvalue weighted by molar-refractivity contribution is 0.622.